The molecule has 1 N–H and O–H groups in total. The highest BCUT2D eigenvalue weighted by molar-refractivity contribution is 5.67. The number of hydrogen-bond acceptors (Lipinski definition) is 1. The minimum atomic E-state index is -0.674. The van der Waals surface area contributed by atoms with E-state index in [2.05, 4.69) is 13.0 Å². The van der Waals surface area contributed by atoms with Crippen LogP contribution in [0.1, 0.15) is 71.1 Å². The SMILES string of the molecule is CCCCCCC1CC=C(CCC(=O)O)CC1. The Labute approximate surface area is 105 Å². The molecule has 2 heteroatoms. The molecule has 0 radical (unpaired) electrons. The largest absolute Gasteiger partial charge is 0.481 e. The van der Waals surface area contributed by atoms with Gasteiger partial charge in [0.1, 0.15) is 0 Å². The van der Waals surface area contributed by atoms with E-state index < -0.39 is 5.97 Å². The van der Waals surface area contributed by atoms with Gasteiger partial charge in [-0.15, -0.1) is 0 Å². The lowest BCUT2D eigenvalue weighted by Gasteiger charge is -2.21. The Bertz CT molecular complexity index is 256. The average molecular weight is 238 g/mol. The van der Waals surface area contributed by atoms with Crippen LogP contribution in [0, 0.1) is 5.92 Å². The standard InChI is InChI=1S/C15H26O2/c1-2-3-4-5-6-13-7-9-14(10-8-13)11-12-15(16)17/h9,13H,2-8,10-12H2,1H3,(H,16,17). The third kappa shape index (κ3) is 6.50. The molecule has 0 saturated carbocycles. The molecular formula is C15H26O2. The first-order valence-corrected chi connectivity index (χ1v) is 7.12. The Morgan fingerprint density at radius 1 is 1.41 bits per heavy atom. The van der Waals surface area contributed by atoms with Gasteiger partial charge in [-0.2, -0.15) is 0 Å². The first kappa shape index (κ1) is 14.3. The van der Waals surface area contributed by atoms with Crippen molar-refractivity contribution in [1.29, 1.82) is 0 Å². The zero-order chi connectivity index (χ0) is 12.5. The number of allylic oxidation sites excluding steroid dienone is 2. The van der Waals surface area contributed by atoms with Gasteiger partial charge in [-0.25, -0.2) is 0 Å². The zero-order valence-electron chi connectivity index (χ0n) is 11.1. The van der Waals surface area contributed by atoms with Crippen LogP contribution in [0.4, 0.5) is 0 Å². The van der Waals surface area contributed by atoms with E-state index in [1.807, 2.05) is 0 Å². The summed E-state index contributed by atoms with van der Waals surface area (Å²) in [6.07, 6.45) is 13.7. The molecule has 0 aromatic heterocycles. The number of carbonyl (C=O) groups is 1. The van der Waals surface area contributed by atoms with Crippen molar-refractivity contribution in [2.45, 2.75) is 71.1 Å². The molecule has 1 aliphatic rings. The van der Waals surface area contributed by atoms with Gasteiger partial charge in [0.25, 0.3) is 0 Å². The fraction of sp³-hybridized carbons (Fsp3) is 0.800. The molecule has 98 valence electrons. The van der Waals surface area contributed by atoms with Crippen LogP contribution in [0.2, 0.25) is 0 Å². The summed E-state index contributed by atoms with van der Waals surface area (Å²) in [6.45, 7) is 2.25. The highest BCUT2D eigenvalue weighted by atomic mass is 16.4. The lowest BCUT2D eigenvalue weighted by Crippen LogP contribution is -2.07. The van der Waals surface area contributed by atoms with Crippen molar-refractivity contribution in [2.75, 3.05) is 0 Å². The van der Waals surface area contributed by atoms with Crippen molar-refractivity contribution >= 4 is 5.97 Å². The second-order valence-electron chi connectivity index (χ2n) is 5.25. The quantitative estimate of drug-likeness (QED) is 0.497. The predicted octanol–water partition coefficient (Wildman–Crippen LogP) is 4.55. The van der Waals surface area contributed by atoms with Gasteiger partial charge in [-0.05, 0) is 31.6 Å². The van der Waals surface area contributed by atoms with Crippen LogP contribution >= 0.6 is 0 Å². The maximum Gasteiger partial charge on any atom is 0.303 e. The van der Waals surface area contributed by atoms with Crippen LogP contribution in [-0.4, -0.2) is 11.1 Å². The van der Waals surface area contributed by atoms with E-state index in [4.69, 9.17) is 5.11 Å². The number of carboxylic acids is 1. The Morgan fingerprint density at radius 2 is 2.24 bits per heavy atom. The molecule has 0 bridgehead atoms. The topological polar surface area (TPSA) is 37.3 Å². The van der Waals surface area contributed by atoms with E-state index in [1.54, 1.807) is 0 Å². The first-order valence-electron chi connectivity index (χ1n) is 7.12. The maximum atomic E-state index is 10.5. The normalized spacial score (nSPS) is 20.1. The van der Waals surface area contributed by atoms with Gasteiger partial charge >= 0.3 is 5.97 Å². The summed E-state index contributed by atoms with van der Waals surface area (Å²) in [5.74, 6) is 0.188. The highest BCUT2D eigenvalue weighted by Gasteiger charge is 2.14. The number of hydrogen-bond donors (Lipinski definition) is 1. The maximum absolute atomic E-state index is 10.5. The third-order valence-electron chi connectivity index (χ3n) is 3.74. The molecule has 0 aromatic rings. The third-order valence-corrected chi connectivity index (χ3v) is 3.74. The summed E-state index contributed by atoms with van der Waals surface area (Å²) in [5, 5.41) is 8.64. The second kappa shape index (κ2) is 8.32. The summed E-state index contributed by atoms with van der Waals surface area (Å²) in [5.41, 5.74) is 1.37. The molecule has 1 aliphatic carbocycles. The average Bonchev–Trinajstić information content (AvgIpc) is 2.33. The fourth-order valence-electron chi connectivity index (χ4n) is 2.56. The molecule has 1 atom stereocenters. The molecule has 0 fully saturated rings. The first-order chi connectivity index (χ1) is 8.22. The summed E-state index contributed by atoms with van der Waals surface area (Å²) in [4.78, 5) is 10.5. The Hall–Kier alpha value is -0.790. The van der Waals surface area contributed by atoms with Gasteiger partial charge in [0.2, 0.25) is 0 Å². The van der Waals surface area contributed by atoms with Crippen molar-refractivity contribution in [1.82, 2.24) is 0 Å². The zero-order valence-corrected chi connectivity index (χ0v) is 11.1. The van der Waals surface area contributed by atoms with Crippen molar-refractivity contribution in [2.24, 2.45) is 5.92 Å². The molecule has 0 saturated heterocycles. The van der Waals surface area contributed by atoms with Gasteiger partial charge < -0.3 is 5.11 Å². The molecule has 0 aliphatic heterocycles. The number of unbranched alkanes of at least 4 members (excludes halogenated alkanes) is 3. The van der Waals surface area contributed by atoms with E-state index in [9.17, 15) is 4.79 Å². The van der Waals surface area contributed by atoms with Gasteiger partial charge in [0.15, 0.2) is 0 Å². The summed E-state index contributed by atoms with van der Waals surface area (Å²) in [7, 11) is 0. The number of carboxylic acid groups (broad SMARTS) is 1. The van der Waals surface area contributed by atoms with E-state index in [1.165, 1.54) is 50.5 Å². The van der Waals surface area contributed by atoms with Crippen LogP contribution in [0.3, 0.4) is 0 Å². The highest BCUT2D eigenvalue weighted by Crippen LogP contribution is 2.29. The Morgan fingerprint density at radius 3 is 2.82 bits per heavy atom. The molecule has 0 amide bonds. The number of aliphatic carboxylic acids is 1. The lowest BCUT2D eigenvalue weighted by atomic mass is 9.85. The monoisotopic (exact) mass is 238 g/mol. The number of rotatable bonds is 8. The van der Waals surface area contributed by atoms with Gasteiger partial charge in [0.05, 0.1) is 0 Å². The molecule has 0 spiro atoms. The Kier molecular flexibility index (Phi) is 6.99. The predicted molar refractivity (Wildman–Crippen MR) is 71.1 cm³/mol. The van der Waals surface area contributed by atoms with Gasteiger partial charge in [0, 0.05) is 6.42 Å². The van der Waals surface area contributed by atoms with Gasteiger partial charge in [-0.1, -0.05) is 50.7 Å². The molecule has 0 heterocycles. The molecule has 2 nitrogen and oxygen atoms in total. The van der Waals surface area contributed by atoms with Crippen LogP contribution < -0.4 is 0 Å². The summed E-state index contributed by atoms with van der Waals surface area (Å²) in [6, 6.07) is 0. The molecule has 0 aromatic carbocycles. The van der Waals surface area contributed by atoms with Crippen molar-refractivity contribution in [3.05, 3.63) is 11.6 Å². The molecule has 17 heavy (non-hydrogen) atoms. The van der Waals surface area contributed by atoms with E-state index in [0.717, 1.165) is 18.8 Å². The summed E-state index contributed by atoms with van der Waals surface area (Å²) >= 11 is 0. The van der Waals surface area contributed by atoms with Crippen LogP contribution in [0.15, 0.2) is 11.6 Å². The van der Waals surface area contributed by atoms with Crippen molar-refractivity contribution < 1.29 is 9.90 Å². The minimum absolute atomic E-state index is 0.299. The van der Waals surface area contributed by atoms with Crippen molar-refractivity contribution in [3.8, 4) is 0 Å². The fourth-order valence-corrected chi connectivity index (χ4v) is 2.56. The Balaban J connectivity index is 2.13. The van der Waals surface area contributed by atoms with Crippen molar-refractivity contribution in [3.63, 3.8) is 0 Å². The van der Waals surface area contributed by atoms with Crippen LogP contribution in [0.25, 0.3) is 0 Å². The van der Waals surface area contributed by atoms with E-state index in [0.29, 0.717) is 6.42 Å². The van der Waals surface area contributed by atoms with Gasteiger partial charge in [-0.3, -0.25) is 4.79 Å². The minimum Gasteiger partial charge on any atom is -0.481 e. The van der Waals surface area contributed by atoms with Crippen LogP contribution in [-0.2, 0) is 4.79 Å². The smallest absolute Gasteiger partial charge is 0.303 e. The lowest BCUT2D eigenvalue weighted by molar-refractivity contribution is -0.136. The molecule has 1 unspecified atom stereocenters. The molecular weight excluding hydrogens is 212 g/mol. The van der Waals surface area contributed by atoms with Crippen LogP contribution in [0.5, 0.6) is 0 Å². The van der Waals surface area contributed by atoms with E-state index >= 15 is 0 Å². The van der Waals surface area contributed by atoms with E-state index in [-0.39, 0.29) is 0 Å². The summed E-state index contributed by atoms with van der Waals surface area (Å²) < 4.78 is 0. The molecule has 1 rings (SSSR count). The second-order valence-corrected chi connectivity index (χ2v) is 5.25.